The Hall–Kier alpha value is -1.78. The van der Waals surface area contributed by atoms with Crippen molar-refractivity contribution in [2.75, 3.05) is 7.11 Å². The van der Waals surface area contributed by atoms with Crippen molar-refractivity contribution in [3.05, 3.63) is 47.6 Å². The maximum absolute atomic E-state index is 13.0. The SMILES string of the molecule is CO[C@@H](CC(C)C)/C(C)=C/C=C/C=C/[C@@H](C)C[C@@H](C)C(=O)[C@H](C)[C@H](O)/C(C)=C/[C@@H](C)C(=O)CC(C)C. The zero-order valence-corrected chi connectivity index (χ0v) is 24.9. The van der Waals surface area contributed by atoms with Gasteiger partial charge in [0, 0.05) is 31.3 Å². The van der Waals surface area contributed by atoms with E-state index in [1.165, 1.54) is 5.57 Å². The standard InChI is InChI=1S/C32H54O4/c1-21(2)17-29(33)25(7)20-27(9)32(35)28(10)31(34)26(8)19-23(5)15-13-12-14-16-24(6)30(36-11)18-22(3)4/h12-16,20-23,25-26,28,30,32,35H,17-19H2,1-11H3/b14-12+,15-13+,24-16+,27-20+/t23-,25-,26-,28+,30+,32-/m1/s1. The van der Waals surface area contributed by atoms with E-state index in [0.29, 0.717) is 23.8 Å². The molecule has 0 aliphatic carbocycles. The van der Waals surface area contributed by atoms with Crippen LogP contribution in [0.5, 0.6) is 0 Å². The third kappa shape index (κ3) is 13.5. The van der Waals surface area contributed by atoms with Crippen molar-refractivity contribution in [1.29, 1.82) is 0 Å². The lowest BCUT2D eigenvalue weighted by molar-refractivity contribution is -0.128. The highest BCUT2D eigenvalue weighted by Gasteiger charge is 2.28. The Morgan fingerprint density at radius 3 is 1.97 bits per heavy atom. The normalized spacial score (nSPS) is 18.6. The van der Waals surface area contributed by atoms with Gasteiger partial charge in [0.2, 0.25) is 0 Å². The molecule has 0 spiro atoms. The van der Waals surface area contributed by atoms with Gasteiger partial charge in [-0.3, -0.25) is 9.59 Å². The average Bonchev–Trinajstić information content (AvgIpc) is 2.79. The summed E-state index contributed by atoms with van der Waals surface area (Å²) in [7, 11) is 1.75. The Morgan fingerprint density at radius 1 is 0.833 bits per heavy atom. The third-order valence-electron chi connectivity index (χ3n) is 6.73. The van der Waals surface area contributed by atoms with Gasteiger partial charge in [0.1, 0.15) is 11.6 Å². The van der Waals surface area contributed by atoms with Crippen molar-refractivity contribution >= 4 is 11.6 Å². The van der Waals surface area contributed by atoms with Crippen LogP contribution < -0.4 is 0 Å². The summed E-state index contributed by atoms with van der Waals surface area (Å²) in [6, 6.07) is 0. The van der Waals surface area contributed by atoms with E-state index in [-0.39, 0.29) is 35.4 Å². The highest BCUT2D eigenvalue weighted by molar-refractivity contribution is 5.84. The first-order valence-electron chi connectivity index (χ1n) is 13.7. The first-order valence-corrected chi connectivity index (χ1v) is 13.7. The molecule has 6 atom stereocenters. The minimum atomic E-state index is -0.871. The first-order chi connectivity index (χ1) is 16.7. The van der Waals surface area contributed by atoms with Gasteiger partial charge in [-0.2, -0.15) is 0 Å². The van der Waals surface area contributed by atoms with Crippen LogP contribution in [0.4, 0.5) is 0 Å². The molecule has 0 rings (SSSR count). The number of carbonyl (C=O) groups excluding carboxylic acids is 2. The summed E-state index contributed by atoms with van der Waals surface area (Å²) in [4.78, 5) is 25.3. The van der Waals surface area contributed by atoms with E-state index in [4.69, 9.17) is 4.74 Å². The molecule has 206 valence electrons. The van der Waals surface area contributed by atoms with E-state index in [1.54, 1.807) is 14.0 Å². The Kier molecular flexibility index (Phi) is 16.8. The van der Waals surface area contributed by atoms with Crippen molar-refractivity contribution in [3.63, 3.8) is 0 Å². The third-order valence-corrected chi connectivity index (χ3v) is 6.73. The van der Waals surface area contributed by atoms with Gasteiger partial charge in [-0.1, -0.05) is 91.8 Å². The number of carbonyl (C=O) groups is 2. The van der Waals surface area contributed by atoms with Crippen LogP contribution in [0.3, 0.4) is 0 Å². The molecule has 0 aromatic heterocycles. The fraction of sp³-hybridized carbons (Fsp3) is 0.688. The summed E-state index contributed by atoms with van der Waals surface area (Å²) in [6.45, 7) is 20.0. The van der Waals surface area contributed by atoms with Gasteiger partial charge in [-0.15, -0.1) is 0 Å². The van der Waals surface area contributed by atoms with Crippen LogP contribution in [0.1, 0.15) is 88.5 Å². The molecule has 0 bridgehead atoms. The lowest BCUT2D eigenvalue weighted by Crippen LogP contribution is -2.31. The van der Waals surface area contributed by atoms with E-state index >= 15 is 0 Å². The molecule has 0 radical (unpaired) electrons. The molecule has 0 heterocycles. The molecular formula is C32H54O4. The Morgan fingerprint density at radius 2 is 1.44 bits per heavy atom. The number of ether oxygens (including phenoxy) is 1. The minimum absolute atomic E-state index is 0.0570. The number of aliphatic hydroxyl groups excluding tert-OH is 1. The van der Waals surface area contributed by atoms with Crippen molar-refractivity contribution in [3.8, 4) is 0 Å². The molecule has 0 aliphatic heterocycles. The number of ketones is 2. The maximum Gasteiger partial charge on any atom is 0.141 e. The number of hydrogen-bond acceptors (Lipinski definition) is 4. The monoisotopic (exact) mass is 502 g/mol. The molecule has 0 amide bonds. The highest BCUT2D eigenvalue weighted by atomic mass is 16.5. The van der Waals surface area contributed by atoms with E-state index < -0.39 is 12.0 Å². The van der Waals surface area contributed by atoms with Crippen molar-refractivity contribution in [1.82, 2.24) is 0 Å². The molecule has 0 aliphatic rings. The quantitative estimate of drug-likeness (QED) is 0.165. The Bertz CT molecular complexity index is 784. The van der Waals surface area contributed by atoms with Gasteiger partial charge in [0.15, 0.2) is 0 Å². The van der Waals surface area contributed by atoms with E-state index in [1.807, 2.05) is 58.9 Å². The molecule has 0 saturated heterocycles. The summed E-state index contributed by atoms with van der Waals surface area (Å²) < 4.78 is 5.59. The smallest absolute Gasteiger partial charge is 0.141 e. The Labute approximate surface area is 222 Å². The van der Waals surface area contributed by atoms with Crippen LogP contribution in [-0.4, -0.2) is 36.0 Å². The van der Waals surface area contributed by atoms with Gasteiger partial charge in [-0.25, -0.2) is 0 Å². The van der Waals surface area contributed by atoms with Gasteiger partial charge in [0.25, 0.3) is 0 Å². The van der Waals surface area contributed by atoms with Crippen LogP contribution in [0.15, 0.2) is 47.6 Å². The second-order valence-corrected chi connectivity index (χ2v) is 11.5. The largest absolute Gasteiger partial charge is 0.388 e. The molecule has 0 unspecified atom stereocenters. The van der Waals surface area contributed by atoms with Crippen LogP contribution in [-0.2, 0) is 14.3 Å². The van der Waals surface area contributed by atoms with Crippen molar-refractivity contribution < 1.29 is 19.4 Å². The van der Waals surface area contributed by atoms with Gasteiger partial charge >= 0.3 is 0 Å². The summed E-state index contributed by atoms with van der Waals surface area (Å²) in [5.74, 6) is 0.429. The maximum atomic E-state index is 13.0. The average molecular weight is 503 g/mol. The van der Waals surface area contributed by atoms with Crippen LogP contribution in [0, 0.1) is 35.5 Å². The molecule has 36 heavy (non-hydrogen) atoms. The molecular weight excluding hydrogens is 448 g/mol. The van der Waals surface area contributed by atoms with Crippen LogP contribution >= 0.6 is 0 Å². The number of aliphatic hydroxyl groups is 1. The predicted molar refractivity (Wildman–Crippen MR) is 153 cm³/mol. The van der Waals surface area contributed by atoms with Gasteiger partial charge in [0.05, 0.1) is 12.2 Å². The fourth-order valence-corrected chi connectivity index (χ4v) is 4.45. The van der Waals surface area contributed by atoms with Gasteiger partial charge < -0.3 is 9.84 Å². The molecule has 4 nitrogen and oxygen atoms in total. The van der Waals surface area contributed by atoms with E-state index in [9.17, 15) is 14.7 Å². The number of rotatable bonds is 17. The zero-order valence-electron chi connectivity index (χ0n) is 24.9. The molecule has 0 saturated carbocycles. The molecule has 0 aromatic carbocycles. The number of hydrogen-bond donors (Lipinski definition) is 1. The van der Waals surface area contributed by atoms with Gasteiger partial charge in [-0.05, 0) is 55.6 Å². The first kappa shape index (κ1) is 34.2. The highest BCUT2D eigenvalue weighted by Crippen LogP contribution is 2.23. The lowest BCUT2D eigenvalue weighted by Gasteiger charge is -2.23. The molecule has 4 heteroatoms. The second kappa shape index (κ2) is 17.6. The predicted octanol–water partition coefficient (Wildman–Crippen LogP) is 7.53. The minimum Gasteiger partial charge on any atom is -0.388 e. The number of Topliss-reactive ketones (excluding diaryl/α,β-unsaturated/α-hetero) is 2. The Balaban J connectivity index is 4.91. The molecule has 1 N–H and O–H groups in total. The lowest BCUT2D eigenvalue weighted by atomic mass is 9.83. The van der Waals surface area contributed by atoms with E-state index in [0.717, 1.165) is 12.8 Å². The summed E-state index contributed by atoms with van der Waals surface area (Å²) in [5, 5.41) is 10.8. The zero-order chi connectivity index (χ0) is 28.0. The fourth-order valence-electron chi connectivity index (χ4n) is 4.45. The summed E-state index contributed by atoms with van der Waals surface area (Å²) in [5.41, 5.74) is 1.90. The topological polar surface area (TPSA) is 63.6 Å². The second-order valence-electron chi connectivity index (χ2n) is 11.5. The van der Waals surface area contributed by atoms with Crippen LogP contribution in [0.25, 0.3) is 0 Å². The molecule has 0 fully saturated rings. The van der Waals surface area contributed by atoms with Crippen LogP contribution in [0.2, 0.25) is 0 Å². The number of allylic oxidation sites excluding steroid dienone is 6. The van der Waals surface area contributed by atoms with Crippen molar-refractivity contribution in [2.24, 2.45) is 35.5 Å². The van der Waals surface area contributed by atoms with Crippen molar-refractivity contribution in [2.45, 2.75) is 101 Å². The molecule has 0 aromatic rings. The van der Waals surface area contributed by atoms with E-state index in [2.05, 4.69) is 39.8 Å². The summed E-state index contributed by atoms with van der Waals surface area (Å²) >= 11 is 0. The summed E-state index contributed by atoms with van der Waals surface area (Å²) in [6.07, 6.45) is 13.6. The number of methoxy groups -OCH3 is 1.